The monoisotopic (exact) mass is 209 g/mol. The van der Waals surface area contributed by atoms with Gasteiger partial charge in [0.2, 0.25) is 5.91 Å². The van der Waals surface area contributed by atoms with E-state index in [0.717, 1.165) is 19.3 Å². The Hall–Kier alpha value is -1.43. The van der Waals surface area contributed by atoms with Crippen molar-refractivity contribution in [1.29, 1.82) is 0 Å². The van der Waals surface area contributed by atoms with Gasteiger partial charge in [-0.15, -0.1) is 5.10 Å². The van der Waals surface area contributed by atoms with Crippen molar-refractivity contribution in [2.45, 2.75) is 31.3 Å². The van der Waals surface area contributed by atoms with Gasteiger partial charge in [0.25, 0.3) is 0 Å². The lowest BCUT2D eigenvalue weighted by Crippen LogP contribution is -2.55. The Balaban J connectivity index is 1.73. The van der Waals surface area contributed by atoms with E-state index >= 15 is 0 Å². The SMILES string of the molecule is NC1(CNC(=O)Cn2ccnn2)CCC1. The number of rotatable bonds is 4. The minimum absolute atomic E-state index is 0.0720. The number of hydrogen-bond acceptors (Lipinski definition) is 4. The largest absolute Gasteiger partial charge is 0.353 e. The maximum atomic E-state index is 11.4. The van der Waals surface area contributed by atoms with Crippen molar-refractivity contribution >= 4 is 5.91 Å². The summed E-state index contributed by atoms with van der Waals surface area (Å²) < 4.78 is 1.49. The second kappa shape index (κ2) is 3.98. The first-order chi connectivity index (χ1) is 7.18. The molecule has 0 bridgehead atoms. The second-order valence-electron chi connectivity index (χ2n) is 4.09. The van der Waals surface area contributed by atoms with Crippen LogP contribution in [0.15, 0.2) is 12.4 Å². The van der Waals surface area contributed by atoms with Crippen molar-refractivity contribution in [3.8, 4) is 0 Å². The summed E-state index contributed by atoms with van der Waals surface area (Å²) in [5.74, 6) is -0.0720. The number of nitrogens with zero attached hydrogens (tertiary/aromatic N) is 3. The van der Waals surface area contributed by atoms with Crippen LogP contribution in [0.1, 0.15) is 19.3 Å². The number of nitrogens with one attached hydrogen (secondary N) is 1. The normalized spacial score (nSPS) is 18.2. The summed E-state index contributed by atoms with van der Waals surface area (Å²) in [6.07, 6.45) is 6.35. The Morgan fingerprint density at radius 2 is 2.40 bits per heavy atom. The Morgan fingerprint density at radius 3 is 2.93 bits per heavy atom. The molecule has 15 heavy (non-hydrogen) atoms. The Kier molecular flexibility index (Phi) is 2.68. The molecule has 82 valence electrons. The van der Waals surface area contributed by atoms with Gasteiger partial charge in [0, 0.05) is 18.3 Å². The molecule has 0 unspecified atom stereocenters. The van der Waals surface area contributed by atoms with Gasteiger partial charge in [-0.05, 0) is 19.3 Å². The van der Waals surface area contributed by atoms with Crippen molar-refractivity contribution in [1.82, 2.24) is 20.3 Å². The molecule has 1 aliphatic carbocycles. The van der Waals surface area contributed by atoms with Gasteiger partial charge in [-0.3, -0.25) is 4.79 Å². The van der Waals surface area contributed by atoms with E-state index in [9.17, 15) is 4.79 Å². The molecule has 0 radical (unpaired) electrons. The number of hydrogen-bond donors (Lipinski definition) is 2. The summed E-state index contributed by atoms with van der Waals surface area (Å²) in [7, 11) is 0. The summed E-state index contributed by atoms with van der Waals surface area (Å²) in [5.41, 5.74) is 5.81. The predicted octanol–water partition coefficient (Wildman–Crippen LogP) is -0.724. The van der Waals surface area contributed by atoms with Crippen LogP contribution in [0.4, 0.5) is 0 Å². The molecule has 1 amide bonds. The predicted molar refractivity (Wildman–Crippen MR) is 53.8 cm³/mol. The van der Waals surface area contributed by atoms with E-state index in [4.69, 9.17) is 5.73 Å². The molecule has 1 fully saturated rings. The van der Waals surface area contributed by atoms with E-state index in [1.54, 1.807) is 12.4 Å². The molecule has 1 aliphatic rings. The Labute approximate surface area is 87.8 Å². The first kappa shape index (κ1) is 10.1. The van der Waals surface area contributed by atoms with Gasteiger partial charge in [0.15, 0.2) is 0 Å². The zero-order valence-electron chi connectivity index (χ0n) is 8.52. The van der Waals surface area contributed by atoms with E-state index < -0.39 is 0 Å². The van der Waals surface area contributed by atoms with Crippen molar-refractivity contribution < 1.29 is 4.79 Å². The van der Waals surface area contributed by atoms with E-state index in [0.29, 0.717) is 6.54 Å². The fourth-order valence-corrected chi connectivity index (χ4v) is 1.60. The molecule has 6 nitrogen and oxygen atoms in total. The van der Waals surface area contributed by atoms with Crippen LogP contribution < -0.4 is 11.1 Å². The van der Waals surface area contributed by atoms with Crippen LogP contribution in [0.5, 0.6) is 0 Å². The van der Waals surface area contributed by atoms with Crippen LogP contribution in [-0.4, -0.2) is 33.0 Å². The molecule has 2 rings (SSSR count). The summed E-state index contributed by atoms with van der Waals surface area (Å²) in [4.78, 5) is 11.4. The molecule has 0 saturated heterocycles. The molecule has 1 heterocycles. The van der Waals surface area contributed by atoms with E-state index in [-0.39, 0.29) is 18.0 Å². The summed E-state index contributed by atoms with van der Waals surface area (Å²) in [6.45, 7) is 0.761. The summed E-state index contributed by atoms with van der Waals surface area (Å²) in [6, 6.07) is 0. The van der Waals surface area contributed by atoms with Gasteiger partial charge < -0.3 is 11.1 Å². The number of carbonyl (C=O) groups excluding carboxylic acids is 1. The molecule has 6 heteroatoms. The topological polar surface area (TPSA) is 85.8 Å². The highest BCUT2D eigenvalue weighted by molar-refractivity contribution is 5.75. The minimum atomic E-state index is -0.169. The third-order valence-electron chi connectivity index (χ3n) is 2.76. The average Bonchev–Trinajstić information content (AvgIpc) is 2.64. The van der Waals surface area contributed by atoms with Crippen LogP contribution in [0.3, 0.4) is 0 Å². The fraction of sp³-hybridized carbons (Fsp3) is 0.667. The average molecular weight is 209 g/mol. The first-order valence-electron chi connectivity index (χ1n) is 5.08. The third-order valence-corrected chi connectivity index (χ3v) is 2.76. The smallest absolute Gasteiger partial charge is 0.241 e. The number of amides is 1. The highest BCUT2D eigenvalue weighted by Gasteiger charge is 2.32. The molecule has 0 aromatic carbocycles. The van der Waals surface area contributed by atoms with Gasteiger partial charge in [0.1, 0.15) is 6.54 Å². The third kappa shape index (κ3) is 2.53. The van der Waals surface area contributed by atoms with Crippen molar-refractivity contribution in [2.24, 2.45) is 5.73 Å². The highest BCUT2D eigenvalue weighted by atomic mass is 16.2. The van der Waals surface area contributed by atoms with Crippen molar-refractivity contribution in [2.75, 3.05) is 6.54 Å². The molecule has 1 saturated carbocycles. The van der Waals surface area contributed by atoms with Gasteiger partial charge in [-0.1, -0.05) is 5.21 Å². The lowest BCUT2D eigenvalue weighted by molar-refractivity contribution is -0.122. The standard InChI is InChI=1S/C9H15N5O/c10-9(2-1-3-9)7-11-8(15)6-14-5-4-12-13-14/h4-5H,1-3,6-7,10H2,(H,11,15). The van der Waals surface area contributed by atoms with Crippen LogP contribution in [0.25, 0.3) is 0 Å². The van der Waals surface area contributed by atoms with E-state index in [1.165, 1.54) is 4.68 Å². The molecular formula is C9H15N5O. The minimum Gasteiger partial charge on any atom is -0.353 e. The maximum absolute atomic E-state index is 11.4. The second-order valence-corrected chi connectivity index (χ2v) is 4.09. The van der Waals surface area contributed by atoms with Crippen LogP contribution in [0.2, 0.25) is 0 Å². The maximum Gasteiger partial charge on any atom is 0.241 e. The van der Waals surface area contributed by atoms with Gasteiger partial charge in [0.05, 0.1) is 6.20 Å². The first-order valence-corrected chi connectivity index (χ1v) is 5.08. The fourth-order valence-electron chi connectivity index (χ4n) is 1.60. The molecule has 1 aromatic heterocycles. The summed E-state index contributed by atoms with van der Waals surface area (Å²) in [5, 5.41) is 10.1. The Bertz CT molecular complexity index is 330. The Morgan fingerprint density at radius 1 is 1.60 bits per heavy atom. The highest BCUT2D eigenvalue weighted by Crippen LogP contribution is 2.27. The molecular weight excluding hydrogens is 194 g/mol. The molecule has 1 aromatic rings. The van der Waals surface area contributed by atoms with Gasteiger partial charge in [-0.25, -0.2) is 4.68 Å². The van der Waals surface area contributed by atoms with Crippen molar-refractivity contribution in [3.05, 3.63) is 12.4 Å². The van der Waals surface area contributed by atoms with Gasteiger partial charge >= 0.3 is 0 Å². The van der Waals surface area contributed by atoms with Crippen molar-refractivity contribution in [3.63, 3.8) is 0 Å². The van der Waals surface area contributed by atoms with Crippen LogP contribution in [0, 0.1) is 0 Å². The quantitative estimate of drug-likeness (QED) is 0.685. The molecule has 0 spiro atoms. The van der Waals surface area contributed by atoms with Crippen LogP contribution >= 0.6 is 0 Å². The van der Waals surface area contributed by atoms with E-state index in [2.05, 4.69) is 15.6 Å². The van der Waals surface area contributed by atoms with Gasteiger partial charge in [-0.2, -0.15) is 0 Å². The zero-order chi connectivity index (χ0) is 10.7. The molecule has 0 aliphatic heterocycles. The summed E-state index contributed by atoms with van der Waals surface area (Å²) >= 11 is 0. The zero-order valence-corrected chi connectivity index (χ0v) is 8.52. The van der Waals surface area contributed by atoms with E-state index in [1.807, 2.05) is 0 Å². The number of nitrogens with two attached hydrogens (primary N) is 1. The number of aromatic nitrogens is 3. The van der Waals surface area contributed by atoms with Crippen LogP contribution in [-0.2, 0) is 11.3 Å². The molecule has 3 N–H and O–H groups in total. The lowest BCUT2D eigenvalue weighted by Gasteiger charge is -2.38. The number of carbonyl (C=O) groups is 1. The lowest BCUT2D eigenvalue weighted by atomic mass is 9.78. The molecule has 0 atom stereocenters.